The van der Waals surface area contributed by atoms with E-state index in [-0.39, 0.29) is 10.8 Å². The van der Waals surface area contributed by atoms with Crippen molar-refractivity contribution in [2.24, 2.45) is 0 Å². The van der Waals surface area contributed by atoms with Gasteiger partial charge < -0.3 is 0 Å². The normalized spacial score (nSPS) is 10.0. The highest BCUT2D eigenvalue weighted by molar-refractivity contribution is 6.28. The zero-order valence-electron chi connectivity index (χ0n) is 7.58. The van der Waals surface area contributed by atoms with Crippen LogP contribution in [-0.2, 0) is 4.79 Å². The molecule has 0 saturated carbocycles. The van der Waals surface area contributed by atoms with Crippen molar-refractivity contribution in [2.75, 3.05) is 0 Å². The first-order valence-electron chi connectivity index (χ1n) is 3.86. The summed E-state index contributed by atoms with van der Waals surface area (Å²) in [6.45, 7) is 0. The van der Waals surface area contributed by atoms with E-state index < -0.39 is 18.2 Å². The number of halogens is 3. The van der Waals surface area contributed by atoms with Gasteiger partial charge in [-0.05, 0) is 11.6 Å². The summed E-state index contributed by atoms with van der Waals surface area (Å²) in [5.41, 5.74) is 3.25. The van der Waals surface area contributed by atoms with E-state index in [9.17, 15) is 18.4 Å². The third-order valence-corrected chi connectivity index (χ3v) is 1.58. The van der Waals surface area contributed by atoms with Crippen LogP contribution < -0.4 is 10.9 Å². The number of nitrogens with one attached hydrogen (secondary N) is 2. The molecule has 0 bridgehead atoms. The number of rotatable bonds is 2. The lowest BCUT2D eigenvalue weighted by Crippen LogP contribution is -2.44. The van der Waals surface area contributed by atoms with Crippen LogP contribution in [0.25, 0.3) is 0 Å². The van der Waals surface area contributed by atoms with E-state index in [1.165, 1.54) is 5.43 Å². The van der Waals surface area contributed by atoms with Gasteiger partial charge in [0.1, 0.15) is 0 Å². The predicted octanol–water partition coefficient (Wildman–Crippen LogP) is 0.156. The van der Waals surface area contributed by atoms with E-state index >= 15 is 0 Å². The van der Waals surface area contributed by atoms with Gasteiger partial charge in [-0.2, -0.15) is 8.78 Å². The molecule has 0 atom stereocenters. The van der Waals surface area contributed by atoms with Crippen molar-refractivity contribution >= 4 is 23.4 Å². The van der Waals surface area contributed by atoms with Gasteiger partial charge in [0.25, 0.3) is 5.91 Å². The Morgan fingerprint density at radius 2 is 1.81 bits per heavy atom. The van der Waals surface area contributed by atoms with E-state index in [2.05, 4.69) is 9.97 Å². The minimum absolute atomic E-state index is 0.0287. The minimum atomic E-state index is -3.21. The first kappa shape index (κ1) is 12.2. The van der Waals surface area contributed by atoms with Gasteiger partial charge in [0, 0.05) is 12.4 Å². The van der Waals surface area contributed by atoms with Crippen LogP contribution in [0, 0.1) is 0 Å². The van der Waals surface area contributed by atoms with Gasteiger partial charge in [0.2, 0.25) is 5.28 Å². The third kappa shape index (κ3) is 3.39. The number of nitrogens with zero attached hydrogens (tertiary/aromatic N) is 2. The highest BCUT2D eigenvalue weighted by atomic mass is 35.5. The number of alkyl halides is 2. The smallest absolute Gasteiger partial charge is 0.267 e. The van der Waals surface area contributed by atoms with Gasteiger partial charge in [0.05, 0.1) is 5.56 Å². The Kier molecular flexibility index (Phi) is 4.06. The Hall–Kier alpha value is -1.83. The summed E-state index contributed by atoms with van der Waals surface area (Å²) < 4.78 is 23.5. The summed E-state index contributed by atoms with van der Waals surface area (Å²) in [5, 5.41) is -0.0619. The second-order valence-corrected chi connectivity index (χ2v) is 2.82. The standard InChI is InChI=1S/C7H5ClF2N4O2/c8-7-11-1-3(2-12-7)5(15)13-14-6(16)4(9)10/h1-2,4H,(H,13,15)(H,14,16). The van der Waals surface area contributed by atoms with Gasteiger partial charge >= 0.3 is 12.3 Å². The summed E-state index contributed by atoms with van der Waals surface area (Å²) in [4.78, 5) is 28.6. The van der Waals surface area contributed by atoms with Gasteiger partial charge in [-0.15, -0.1) is 0 Å². The molecule has 0 aliphatic rings. The van der Waals surface area contributed by atoms with E-state index in [4.69, 9.17) is 11.6 Å². The lowest BCUT2D eigenvalue weighted by atomic mass is 10.3. The van der Waals surface area contributed by atoms with Crippen LogP contribution in [0.4, 0.5) is 8.78 Å². The fourth-order valence-electron chi connectivity index (χ4n) is 0.675. The fourth-order valence-corrected chi connectivity index (χ4v) is 0.772. The maximum atomic E-state index is 11.7. The number of carbonyl (C=O) groups excluding carboxylic acids is 2. The quantitative estimate of drug-likeness (QED) is 0.578. The SMILES string of the molecule is O=C(NNC(=O)C(F)F)c1cnc(Cl)nc1. The van der Waals surface area contributed by atoms with Crippen molar-refractivity contribution in [1.29, 1.82) is 0 Å². The van der Waals surface area contributed by atoms with Crippen LogP contribution in [0.5, 0.6) is 0 Å². The Morgan fingerprint density at radius 3 is 2.31 bits per heavy atom. The van der Waals surface area contributed by atoms with Gasteiger partial charge in [0.15, 0.2) is 0 Å². The second-order valence-electron chi connectivity index (χ2n) is 2.48. The van der Waals surface area contributed by atoms with Crippen LogP contribution in [0.15, 0.2) is 12.4 Å². The van der Waals surface area contributed by atoms with E-state index in [0.717, 1.165) is 12.4 Å². The largest absolute Gasteiger partial charge is 0.317 e. The molecule has 1 aromatic heterocycles. The molecule has 0 aromatic carbocycles. The highest BCUT2D eigenvalue weighted by Gasteiger charge is 2.16. The highest BCUT2D eigenvalue weighted by Crippen LogP contribution is 2.00. The predicted molar refractivity (Wildman–Crippen MR) is 48.7 cm³/mol. The average Bonchev–Trinajstić information content (AvgIpc) is 2.26. The van der Waals surface area contributed by atoms with Gasteiger partial charge in [-0.25, -0.2) is 9.97 Å². The van der Waals surface area contributed by atoms with E-state index in [1.807, 2.05) is 0 Å². The average molecular weight is 251 g/mol. The molecule has 2 N–H and O–H groups in total. The van der Waals surface area contributed by atoms with Crippen molar-refractivity contribution < 1.29 is 18.4 Å². The zero-order chi connectivity index (χ0) is 12.1. The molecule has 0 aliphatic heterocycles. The number of amides is 2. The molecule has 0 radical (unpaired) electrons. The van der Waals surface area contributed by atoms with Crippen LogP contribution in [0.1, 0.15) is 10.4 Å². The molecule has 1 heterocycles. The molecular weight excluding hydrogens is 246 g/mol. The van der Waals surface area contributed by atoms with E-state index in [0.29, 0.717) is 0 Å². The second kappa shape index (κ2) is 5.31. The molecule has 6 nitrogen and oxygen atoms in total. The molecular formula is C7H5ClF2N4O2. The summed E-state index contributed by atoms with van der Waals surface area (Å²) in [6, 6.07) is 0. The molecule has 86 valence electrons. The Morgan fingerprint density at radius 1 is 1.25 bits per heavy atom. The van der Waals surface area contributed by atoms with Gasteiger partial charge in [-0.3, -0.25) is 20.4 Å². The van der Waals surface area contributed by atoms with Crippen LogP contribution >= 0.6 is 11.6 Å². The molecule has 1 rings (SSSR count). The molecule has 1 aromatic rings. The van der Waals surface area contributed by atoms with Crippen LogP contribution in [-0.4, -0.2) is 28.2 Å². The monoisotopic (exact) mass is 250 g/mol. The Labute approximate surface area is 93.0 Å². The first-order valence-corrected chi connectivity index (χ1v) is 4.24. The first-order chi connectivity index (χ1) is 7.50. The van der Waals surface area contributed by atoms with Crippen LogP contribution in [0.2, 0.25) is 5.28 Å². The molecule has 0 unspecified atom stereocenters. The molecule has 16 heavy (non-hydrogen) atoms. The zero-order valence-corrected chi connectivity index (χ0v) is 8.33. The topological polar surface area (TPSA) is 84.0 Å². The van der Waals surface area contributed by atoms with Crippen molar-refractivity contribution in [2.45, 2.75) is 6.43 Å². The molecule has 2 amide bonds. The Bertz CT molecular complexity index is 398. The number of aromatic nitrogens is 2. The summed E-state index contributed by atoms with van der Waals surface area (Å²) >= 11 is 5.36. The van der Waals surface area contributed by atoms with Crippen molar-refractivity contribution in [1.82, 2.24) is 20.8 Å². The van der Waals surface area contributed by atoms with Crippen LogP contribution in [0.3, 0.4) is 0 Å². The summed E-state index contributed by atoms with van der Waals surface area (Å²) in [7, 11) is 0. The Balaban J connectivity index is 2.53. The molecule has 0 spiro atoms. The van der Waals surface area contributed by atoms with Gasteiger partial charge in [-0.1, -0.05) is 0 Å². The maximum Gasteiger partial charge on any atom is 0.317 e. The third-order valence-electron chi connectivity index (χ3n) is 1.38. The maximum absolute atomic E-state index is 11.7. The lowest BCUT2D eigenvalue weighted by Gasteiger charge is -2.05. The lowest BCUT2D eigenvalue weighted by molar-refractivity contribution is -0.132. The number of hydrogen-bond donors (Lipinski definition) is 2. The molecule has 0 fully saturated rings. The molecule has 0 aliphatic carbocycles. The number of hydrazine groups is 1. The number of carbonyl (C=O) groups is 2. The fraction of sp³-hybridized carbons (Fsp3) is 0.143. The minimum Gasteiger partial charge on any atom is -0.267 e. The molecule has 9 heteroatoms. The summed E-state index contributed by atoms with van der Waals surface area (Å²) in [6.07, 6.45) is -1.04. The molecule has 0 saturated heterocycles. The number of hydrogen-bond acceptors (Lipinski definition) is 4. The summed E-state index contributed by atoms with van der Waals surface area (Å²) in [5.74, 6) is -2.44. The van der Waals surface area contributed by atoms with Crippen molar-refractivity contribution in [3.63, 3.8) is 0 Å². The van der Waals surface area contributed by atoms with Crippen molar-refractivity contribution in [3.8, 4) is 0 Å². The van der Waals surface area contributed by atoms with E-state index in [1.54, 1.807) is 5.43 Å². The van der Waals surface area contributed by atoms with Crippen molar-refractivity contribution in [3.05, 3.63) is 23.2 Å².